The van der Waals surface area contributed by atoms with Crippen LogP contribution in [0.1, 0.15) is 31.0 Å². The van der Waals surface area contributed by atoms with Gasteiger partial charge in [0.05, 0.1) is 19.3 Å². The summed E-state index contributed by atoms with van der Waals surface area (Å²) in [5.74, 6) is 1.11. The summed E-state index contributed by atoms with van der Waals surface area (Å²) in [7, 11) is 0. The molecule has 1 atom stereocenters. The summed E-state index contributed by atoms with van der Waals surface area (Å²) >= 11 is 0. The van der Waals surface area contributed by atoms with Gasteiger partial charge in [-0.15, -0.1) is 0 Å². The van der Waals surface area contributed by atoms with E-state index in [9.17, 15) is 4.39 Å². The van der Waals surface area contributed by atoms with Crippen LogP contribution in [0.15, 0.2) is 42.5 Å². The number of halogens is 1. The minimum atomic E-state index is -0.333. The fourth-order valence-electron chi connectivity index (χ4n) is 2.12. The third-order valence-electron chi connectivity index (χ3n) is 3.16. The van der Waals surface area contributed by atoms with Crippen LogP contribution < -0.4 is 15.2 Å². The number of nitrogens with two attached hydrogens (primary N) is 1. The van der Waals surface area contributed by atoms with Gasteiger partial charge in [0, 0.05) is 0 Å². The first-order valence-electron chi connectivity index (χ1n) is 7.06. The highest BCUT2D eigenvalue weighted by Crippen LogP contribution is 2.32. The molecule has 0 saturated carbocycles. The molecular formula is C17H20FNO2. The normalized spacial score (nSPS) is 12.0. The van der Waals surface area contributed by atoms with E-state index in [2.05, 4.69) is 0 Å². The summed E-state index contributed by atoms with van der Waals surface area (Å²) in [6.45, 7) is 4.97. The minimum Gasteiger partial charge on any atom is -0.490 e. The van der Waals surface area contributed by atoms with Gasteiger partial charge in [-0.3, -0.25) is 0 Å². The Hall–Kier alpha value is -2.07. The smallest absolute Gasteiger partial charge is 0.161 e. The first kappa shape index (κ1) is 15.3. The lowest BCUT2D eigenvalue weighted by atomic mass is 9.99. The molecule has 3 nitrogen and oxygen atoms in total. The Morgan fingerprint density at radius 1 is 0.905 bits per heavy atom. The van der Waals surface area contributed by atoms with E-state index in [-0.39, 0.29) is 11.9 Å². The van der Waals surface area contributed by atoms with Crippen LogP contribution in [0.2, 0.25) is 0 Å². The molecule has 112 valence electrons. The van der Waals surface area contributed by atoms with Gasteiger partial charge in [0.2, 0.25) is 0 Å². The number of benzene rings is 2. The van der Waals surface area contributed by atoms with Crippen molar-refractivity contribution in [3.05, 3.63) is 59.4 Å². The molecule has 1 unspecified atom stereocenters. The topological polar surface area (TPSA) is 44.5 Å². The Kier molecular flexibility index (Phi) is 5.17. The fraction of sp³-hybridized carbons (Fsp3) is 0.294. The van der Waals surface area contributed by atoms with E-state index < -0.39 is 0 Å². The lowest BCUT2D eigenvalue weighted by Gasteiger charge is -2.16. The molecule has 2 rings (SSSR count). The second kappa shape index (κ2) is 7.09. The maximum Gasteiger partial charge on any atom is 0.161 e. The van der Waals surface area contributed by atoms with Crippen LogP contribution >= 0.6 is 0 Å². The maximum absolute atomic E-state index is 13.0. The molecule has 2 aromatic carbocycles. The lowest BCUT2D eigenvalue weighted by molar-refractivity contribution is 0.287. The molecule has 21 heavy (non-hydrogen) atoms. The Balaban J connectivity index is 2.30. The van der Waals surface area contributed by atoms with Crippen molar-refractivity contribution in [2.75, 3.05) is 13.2 Å². The van der Waals surface area contributed by atoms with E-state index in [4.69, 9.17) is 15.2 Å². The average molecular weight is 289 g/mol. The van der Waals surface area contributed by atoms with Crippen molar-refractivity contribution in [1.82, 2.24) is 0 Å². The molecule has 0 radical (unpaired) electrons. The minimum absolute atomic E-state index is 0.271. The molecule has 0 aliphatic rings. The second-order valence-electron chi connectivity index (χ2n) is 4.60. The third kappa shape index (κ3) is 3.73. The van der Waals surface area contributed by atoms with Crippen molar-refractivity contribution < 1.29 is 13.9 Å². The average Bonchev–Trinajstić information content (AvgIpc) is 2.49. The van der Waals surface area contributed by atoms with Crippen LogP contribution in [0.3, 0.4) is 0 Å². The molecule has 0 aliphatic heterocycles. The summed E-state index contributed by atoms with van der Waals surface area (Å²) < 4.78 is 24.1. The van der Waals surface area contributed by atoms with Crippen LogP contribution in [0.4, 0.5) is 4.39 Å². The van der Waals surface area contributed by atoms with Gasteiger partial charge in [-0.1, -0.05) is 18.2 Å². The van der Waals surface area contributed by atoms with Crippen LogP contribution in [0.25, 0.3) is 0 Å². The highest BCUT2D eigenvalue weighted by Gasteiger charge is 2.13. The van der Waals surface area contributed by atoms with E-state index in [1.165, 1.54) is 12.1 Å². The largest absolute Gasteiger partial charge is 0.490 e. The molecule has 0 spiro atoms. The Morgan fingerprint density at radius 2 is 1.48 bits per heavy atom. The molecule has 0 saturated heterocycles. The third-order valence-corrected chi connectivity index (χ3v) is 3.16. The number of ether oxygens (including phenoxy) is 2. The van der Waals surface area contributed by atoms with Crippen molar-refractivity contribution >= 4 is 0 Å². The molecular weight excluding hydrogens is 269 g/mol. The van der Waals surface area contributed by atoms with E-state index in [0.29, 0.717) is 24.7 Å². The van der Waals surface area contributed by atoms with E-state index >= 15 is 0 Å². The Labute approximate surface area is 124 Å². The summed E-state index contributed by atoms with van der Waals surface area (Å²) in [6, 6.07) is 11.5. The van der Waals surface area contributed by atoms with Gasteiger partial charge < -0.3 is 15.2 Å². The zero-order valence-electron chi connectivity index (χ0n) is 12.3. The van der Waals surface area contributed by atoms with E-state index in [1.807, 2.05) is 32.0 Å². The zero-order valence-corrected chi connectivity index (χ0v) is 12.3. The number of hydrogen-bond acceptors (Lipinski definition) is 3. The fourth-order valence-corrected chi connectivity index (χ4v) is 2.12. The van der Waals surface area contributed by atoms with Gasteiger partial charge in [-0.25, -0.2) is 4.39 Å². The first-order chi connectivity index (χ1) is 10.2. The summed E-state index contributed by atoms with van der Waals surface area (Å²) in [5.41, 5.74) is 7.98. The highest BCUT2D eigenvalue weighted by molar-refractivity contribution is 5.45. The molecule has 0 aliphatic carbocycles. The van der Waals surface area contributed by atoms with Crippen molar-refractivity contribution in [3.8, 4) is 11.5 Å². The molecule has 0 aromatic heterocycles. The standard InChI is InChI=1S/C17H20FNO2/c1-3-20-15-10-7-13(11-16(15)21-4-2)17(19)12-5-8-14(18)9-6-12/h5-11,17H,3-4,19H2,1-2H3. The lowest BCUT2D eigenvalue weighted by Crippen LogP contribution is -2.12. The molecule has 4 heteroatoms. The van der Waals surface area contributed by atoms with Crippen LogP contribution in [-0.2, 0) is 0 Å². The first-order valence-corrected chi connectivity index (χ1v) is 7.06. The van der Waals surface area contributed by atoms with Crippen LogP contribution in [0.5, 0.6) is 11.5 Å². The molecule has 0 heterocycles. The Morgan fingerprint density at radius 3 is 2.10 bits per heavy atom. The predicted octanol–water partition coefficient (Wildman–Crippen LogP) is 3.67. The van der Waals surface area contributed by atoms with E-state index in [0.717, 1.165) is 11.1 Å². The van der Waals surface area contributed by atoms with Gasteiger partial charge in [0.1, 0.15) is 5.82 Å². The van der Waals surface area contributed by atoms with Crippen molar-refractivity contribution in [1.29, 1.82) is 0 Å². The summed E-state index contributed by atoms with van der Waals surface area (Å²) in [5, 5.41) is 0. The number of hydrogen-bond donors (Lipinski definition) is 1. The van der Waals surface area contributed by atoms with Crippen LogP contribution in [-0.4, -0.2) is 13.2 Å². The molecule has 2 N–H and O–H groups in total. The van der Waals surface area contributed by atoms with Crippen LogP contribution in [0, 0.1) is 5.82 Å². The SMILES string of the molecule is CCOc1ccc(C(N)c2ccc(F)cc2)cc1OCC. The number of rotatable bonds is 6. The molecule has 2 aromatic rings. The molecule has 0 fully saturated rings. The summed E-state index contributed by atoms with van der Waals surface area (Å²) in [6.07, 6.45) is 0. The highest BCUT2D eigenvalue weighted by atomic mass is 19.1. The van der Waals surface area contributed by atoms with Gasteiger partial charge in [0.15, 0.2) is 11.5 Å². The van der Waals surface area contributed by atoms with Crippen molar-refractivity contribution in [2.45, 2.75) is 19.9 Å². The van der Waals surface area contributed by atoms with Gasteiger partial charge >= 0.3 is 0 Å². The monoisotopic (exact) mass is 289 g/mol. The van der Waals surface area contributed by atoms with Gasteiger partial charge in [-0.2, -0.15) is 0 Å². The summed E-state index contributed by atoms with van der Waals surface area (Å²) in [4.78, 5) is 0. The Bertz CT molecular complexity index is 584. The van der Waals surface area contributed by atoms with E-state index in [1.54, 1.807) is 12.1 Å². The molecule has 0 bridgehead atoms. The van der Waals surface area contributed by atoms with Crippen molar-refractivity contribution in [2.24, 2.45) is 5.73 Å². The van der Waals surface area contributed by atoms with Gasteiger partial charge in [0.25, 0.3) is 0 Å². The quantitative estimate of drug-likeness (QED) is 0.882. The molecule has 0 amide bonds. The van der Waals surface area contributed by atoms with Crippen molar-refractivity contribution in [3.63, 3.8) is 0 Å². The second-order valence-corrected chi connectivity index (χ2v) is 4.60. The maximum atomic E-state index is 13.0. The van der Waals surface area contributed by atoms with Gasteiger partial charge in [-0.05, 0) is 49.2 Å². The predicted molar refractivity (Wildman–Crippen MR) is 81.2 cm³/mol. The zero-order chi connectivity index (χ0) is 15.2.